The molecule has 0 saturated heterocycles. The zero-order valence-corrected chi connectivity index (χ0v) is 12.2. The van der Waals surface area contributed by atoms with E-state index in [1.807, 2.05) is 6.07 Å². The van der Waals surface area contributed by atoms with Crippen LogP contribution in [0.25, 0.3) is 0 Å². The number of carbonyl (C=O) groups excluding carboxylic acids is 1. The van der Waals surface area contributed by atoms with Crippen LogP contribution in [0.5, 0.6) is 0 Å². The van der Waals surface area contributed by atoms with Crippen LogP contribution in [0.15, 0.2) is 16.5 Å². The van der Waals surface area contributed by atoms with Crippen LogP contribution < -0.4 is 5.32 Å². The highest BCUT2D eigenvalue weighted by molar-refractivity contribution is 5.86. The minimum Gasteiger partial charge on any atom is -0.463 e. The van der Waals surface area contributed by atoms with Crippen molar-refractivity contribution in [3.05, 3.63) is 23.7 Å². The van der Waals surface area contributed by atoms with Crippen molar-refractivity contribution in [3.8, 4) is 0 Å². The second-order valence-electron chi connectivity index (χ2n) is 5.96. The maximum Gasteiger partial charge on any atom is 0.373 e. The van der Waals surface area contributed by atoms with Gasteiger partial charge in [0.2, 0.25) is 5.76 Å². The first-order valence-electron chi connectivity index (χ1n) is 7.67. The SMILES string of the molecule is CCCNC(c1ccc(C(=O)OC)o1)C1C2CCCC21. The van der Waals surface area contributed by atoms with E-state index in [4.69, 9.17) is 9.15 Å². The van der Waals surface area contributed by atoms with Crippen molar-refractivity contribution in [1.82, 2.24) is 5.32 Å². The number of nitrogens with one attached hydrogen (secondary N) is 1. The Bertz CT molecular complexity index is 472. The van der Waals surface area contributed by atoms with Gasteiger partial charge in [0.15, 0.2) is 0 Å². The highest BCUT2D eigenvalue weighted by Crippen LogP contribution is 2.62. The highest BCUT2D eigenvalue weighted by Gasteiger charge is 2.56. The molecular weight excluding hydrogens is 254 g/mol. The minimum absolute atomic E-state index is 0.253. The third-order valence-corrected chi connectivity index (χ3v) is 4.79. The molecule has 0 aliphatic heterocycles. The molecule has 1 N–H and O–H groups in total. The van der Waals surface area contributed by atoms with E-state index < -0.39 is 5.97 Å². The van der Waals surface area contributed by atoms with Crippen molar-refractivity contribution >= 4 is 5.97 Å². The summed E-state index contributed by atoms with van der Waals surface area (Å²) in [6.45, 7) is 3.15. The van der Waals surface area contributed by atoms with Gasteiger partial charge in [-0.2, -0.15) is 0 Å². The number of methoxy groups -OCH3 is 1. The van der Waals surface area contributed by atoms with Gasteiger partial charge in [0, 0.05) is 0 Å². The predicted octanol–water partition coefficient (Wildman–Crippen LogP) is 3.15. The molecule has 2 aliphatic rings. The molecule has 4 heteroatoms. The molecule has 3 rings (SSSR count). The Kier molecular flexibility index (Phi) is 3.83. The molecule has 2 fully saturated rings. The smallest absolute Gasteiger partial charge is 0.373 e. The molecule has 110 valence electrons. The molecule has 1 heterocycles. The summed E-state index contributed by atoms with van der Waals surface area (Å²) in [4.78, 5) is 11.5. The monoisotopic (exact) mass is 277 g/mol. The van der Waals surface area contributed by atoms with Gasteiger partial charge in [-0.25, -0.2) is 4.79 Å². The van der Waals surface area contributed by atoms with Crippen LogP contribution in [0.3, 0.4) is 0 Å². The van der Waals surface area contributed by atoms with E-state index in [-0.39, 0.29) is 6.04 Å². The first-order valence-corrected chi connectivity index (χ1v) is 7.67. The number of hydrogen-bond donors (Lipinski definition) is 1. The molecule has 3 unspecified atom stereocenters. The van der Waals surface area contributed by atoms with Crippen LogP contribution in [0.2, 0.25) is 0 Å². The molecule has 0 amide bonds. The topological polar surface area (TPSA) is 51.5 Å². The second-order valence-corrected chi connectivity index (χ2v) is 5.96. The average Bonchev–Trinajstić information content (AvgIpc) is 2.91. The summed E-state index contributed by atoms with van der Waals surface area (Å²) >= 11 is 0. The van der Waals surface area contributed by atoms with E-state index in [1.54, 1.807) is 6.07 Å². The van der Waals surface area contributed by atoms with Gasteiger partial charge in [0.05, 0.1) is 13.2 Å². The first-order chi connectivity index (χ1) is 9.76. The maximum absolute atomic E-state index is 11.5. The lowest BCUT2D eigenvalue weighted by Crippen LogP contribution is -2.25. The Hall–Kier alpha value is -1.29. The lowest BCUT2D eigenvalue weighted by atomic mass is 10.0. The number of esters is 1. The zero-order valence-electron chi connectivity index (χ0n) is 12.2. The molecule has 0 spiro atoms. The summed E-state index contributed by atoms with van der Waals surface area (Å²) in [5, 5.41) is 3.60. The Balaban J connectivity index is 1.75. The van der Waals surface area contributed by atoms with Gasteiger partial charge in [-0.1, -0.05) is 13.3 Å². The van der Waals surface area contributed by atoms with Crippen molar-refractivity contribution in [2.45, 2.75) is 38.6 Å². The number of furan rings is 1. The minimum atomic E-state index is -0.401. The summed E-state index contributed by atoms with van der Waals surface area (Å²) in [6, 6.07) is 3.90. The molecule has 1 aromatic rings. The van der Waals surface area contributed by atoms with E-state index in [0.29, 0.717) is 11.7 Å². The van der Waals surface area contributed by atoms with Crippen molar-refractivity contribution in [3.63, 3.8) is 0 Å². The quantitative estimate of drug-likeness (QED) is 0.812. The molecule has 20 heavy (non-hydrogen) atoms. The molecule has 4 nitrogen and oxygen atoms in total. The molecular formula is C16H23NO3. The highest BCUT2D eigenvalue weighted by atomic mass is 16.5. The van der Waals surface area contributed by atoms with Gasteiger partial charge in [-0.3, -0.25) is 0 Å². The fourth-order valence-corrected chi connectivity index (χ4v) is 3.83. The molecule has 0 aromatic carbocycles. The van der Waals surface area contributed by atoms with E-state index in [0.717, 1.165) is 30.6 Å². The van der Waals surface area contributed by atoms with E-state index in [2.05, 4.69) is 12.2 Å². The summed E-state index contributed by atoms with van der Waals surface area (Å²) < 4.78 is 10.4. The number of rotatable bonds is 6. The fourth-order valence-electron chi connectivity index (χ4n) is 3.83. The molecule has 0 radical (unpaired) electrons. The number of fused-ring (bicyclic) bond motifs is 1. The third-order valence-electron chi connectivity index (χ3n) is 4.79. The van der Waals surface area contributed by atoms with Crippen LogP contribution in [0.4, 0.5) is 0 Å². The predicted molar refractivity (Wildman–Crippen MR) is 75.4 cm³/mol. The van der Waals surface area contributed by atoms with E-state index >= 15 is 0 Å². The standard InChI is InChI=1S/C16H23NO3/c1-3-9-17-15(14-10-5-4-6-11(10)14)12-7-8-13(20-12)16(18)19-2/h7-8,10-11,14-15,17H,3-6,9H2,1-2H3. The molecule has 0 bridgehead atoms. The second kappa shape index (κ2) is 5.60. The first kappa shape index (κ1) is 13.7. The molecule has 3 atom stereocenters. The van der Waals surface area contributed by atoms with Crippen molar-refractivity contribution in [1.29, 1.82) is 0 Å². The van der Waals surface area contributed by atoms with E-state index in [1.165, 1.54) is 26.4 Å². The molecule has 1 aromatic heterocycles. The normalized spacial score (nSPS) is 29.0. The van der Waals surface area contributed by atoms with Gasteiger partial charge in [-0.15, -0.1) is 0 Å². The van der Waals surface area contributed by atoms with Crippen LogP contribution in [-0.2, 0) is 4.74 Å². The van der Waals surface area contributed by atoms with Crippen LogP contribution in [-0.4, -0.2) is 19.6 Å². The van der Waals surface area contributed by atoms with Crippen LogP contribution in [0, 0.1) is 17.8 Å². The van der Waals surface area contributed by atoms with Crippen molar-refractivity contribution in [2.24, 2.45) is 17.8 Å². The van der Waals surface area contributed by atoms with Gasteiger partial charge in [0.25, 0.3) is 0 Å². The molecule has 2 aliphatic carbocycles. The van der Waals surface area contributed by atoms with E-state index in [9.17, 15) is 4.79 Å². The summed E-state index contributed by atoms with van der Waals surface area (Å²) in [7, 11) is 1.38. The van der Waals surface area contributed by atoms with Gasteiger partial charge >= 0.3 is 5.97 Å². The lowest BCUT2D eigenvalue weighted by molar-refractivity contribution is 0.0561. The summed E-state index contributed by atoms with van der Waals surface area (Å²) in [5.41, 5.74) is 0. The lowest BCUT2D eigenvalue weighted by Gasteiger charge is -2.18. The number of hydrogen-bond acceptors (Lipinski definition) is 4. The Morgan fingerprint density at radius 2 is 2.20 bits per heavy atom. The fraction of sp³-hybridized carbons (Fsp3) is 0.688. The maximum atomic E-state index is 11.5. The van der Waals surface area contributed by atoms with Crippen molar-refractivity contribution in [2.75, 3.05) is 13.7 Å². The third kappa shape index (κ3) is 2.37. The van der Waals surface area contributed by atoms with Gasteiger partial charge < -0.3 is 14.5 Å². The van der Waals surface area contributed by atoms with Crippen LogP contribution in [0.1, 0.15) is 55.0 Å². The summed E-state index contributed by atoms with van der Waals surface area (Å²) in [6.07, 6.45) is 5.18. The Morgan fingerprint density at radius 3 is 2.85 bits per heavy atom. The van der Waals surface area contributed by atoms with Gasteiger partial charge in [-0.05, 0) is 55.7 Å². The van der Waals surface area contributed by atoms with Gasteiger partial charge in [0.1, 0.15) is 5.76 Å². The Morgan fingerprint density at radius 1 is 1.45 bits per heavy atom. The zero-order chi connectivity index (χ0) is 14.1. The number of ether oxygens (including phenoxy) is 1. The Labute approximate surface area is 119 Å². The summed E-state index contributed by atoms with van der Waals surface area (Å²) in [5.74, 6) is 3.19. The largest absolute Gasteiger partial charge is 0.463 e. The van der Waals surface area contributed by atoms with Crippen molar-refractivity contribution < 1.29 is 13.9 Å². The number of carbonyl (C=O) groups is 1. The van der Waals surface area contributed by atoms with Crippen LogP contribution >= 0.6 is 0 Å². The molecule has 2 saturated carbocycles. The average molecular weight is 277 g/mol.